The van der Waals surface area contributed by atoms with Crippen LogP contribution in [0.4, 0.5) is 13.2 Å². The molecule has 0 spiro atoms. The molecule has 6 N–H and O–H groups in total. The van der Waals surface area contributed by atoms with Crippen LogP contribution in [0.2, 0.25) is 35.2 Å². The lowest BCUT2D eigenvalue weighted by Gasteiger charge is -2.20. The zero-order valence-electron chi connectivity index (χ0n) is 78.0. The average molecular weight is 2410 g/mol. The van der Waals surface area contributed by atoms with Gasteiger partial charge in [-0.25, -0.2) is 0 Å². The van der Waals surface area contributed by atoms with Crippen LogP contribution in [0.3, 0.4) is 0 Å². The first-order valence-corrected chi connectivity index (χ1v) is 50.8. The predicted octanol–water partition coefficient (Wildman–Crippen LogP) is 26.5. The van der Waals surface area contributed by atoms with E-state index in [1.807, 2.05) is 69.5 Å². The van der Waals surface area contributed by atoms with Gasteiger partial charge in [0.25, 0.3) is 0 Å². The van der Waals surface area contributed by atoms with Crippen LogP contribution in [0, 0.1) is 26.4 Å². The summed E-state index contributed by atoms with van der Waals surface area (Å²) in [6.45, 7) is 15.9. The number of rotatable bonds is 17. The molecule has 18 aromatic rings. The highest BCUT2D eigenvalue weighted by Crippen LogP contribution is 2.43. The number of para-hydroxylation sites is 1. The van der Waals surface area contributed by atoms with E-state index >= 15 is 0 Å². The Morgan fingerprint density at radius 2 is 0.690 bits per heavy atom. The molecule has 0 bridgehead atoms. The fourth-order valence-electron chi connectivity index (χ4n) is 17.6. The van der Waals surface area contributed by atoms with Gasteiger partial charge >= 0.3 is 42.0 Å². The normalized spacial score (nSPS) is 11.5. The summed E-state index contributed by atoms with van der Waals surface area (Å²) in [4.78, 5) is 146. The molecule has 0 unspecified atom stereocenters. The SMILES string of the molecule is C#Cc1c(Cl)ccc2c(=O)c3ccccc3n(CC(=O)O)c12.CC(C)c1ccc2c(=O)c3ccc(Cl)c(C(F)(F)F)c3n(CC(=O)O)c2c1.CC(C)c1ccc2c(=O)c3ccc(Cl)c(I)c3n(CC(=O)O)c2c1.CC(C)c1ccc2c(=O)c3ccc(I)c(Cl)c3n(CC(=O)O)c2c1.CSc1ccc2c(=O)c3ccc(Cl)c(Br)c3n(CC(=O)O)c2c1.Cc1c(C(C)C)ccc2c(=O)c3ccc(Cl)c(Cl)c3n(CC(=O)O)c12. The Morgan fingerprint density at radius 1 is 0.366 bits per heavy atom. The minimum absolute atomic E-state index is 0.0416. The first-order chi connectivity index (χ1) is 68.3. The smallest absolute Gasteiger partial charge is 0.419 e. The fraction of sp³-hybridized carbons (Fsp3) is 0.196. The van der Waals surface area contributed by atoms with Crippen LogP contribution in [0.25, 0.3) is 131 Å². The van der Waals surface area contributed by atoms with E-state index < -0.39 is 70.1 Å². The Bertz CT molecular complexity index is 8840. The number of alkyl halides is 3. The number of aromatic nitrogens is 6. The number of nitrogens with zero attached hydrogens (tertiary/aromatic N) is 6. The van der Waals surface area contributed by atoms with Crippen LogP contribution in [-0.4, -0.2) is 100 Å². The molecule has 18 rings (SSSR count). The number of hydrogen-bond donors (Lipinski definition) is 6. The molecule has 0 aliphatic carbocycles. The molecule has 0 saturated carbocycles. The summed E-state index contributed by atoms with van der Waals surface area (Å²) < 4.78 is 52.1. The Balaban J connectivity index is 0.000000146. The molecule has 6 aromatic heterocycles. The zero-order chi connectivity index (χ0) is 106. The van der Waals surface area contributed by atoms with Crippen molar-refractivity contribution in [2.45, 2.75) is 136 Å². The summed E-state index contributed by atoms with van der Waals surface area (Å²) in [6.07, 6.45) is 2.58. The minimum Gasteiger partial charge on any atom is -0.480 e. The summed E-state index contributed by atoms with van der Waals surface area (Å²) in [5, 5.41) is 61.9. The quantitative estimate of drug-likeness (QED) is 0.0213. The number of carboxylic acid groups (broad SMARTS) is 6. The Kier molecular flexibility index (Phi) is 34.3. The van der Waals surface area contributed by atoms with Crippen LogP contribution < -0.4 is 32.6 Å². The van der Waals surface area contributed by atoms with Gasteiger partial charge in [-0.2, -0.15) is 13.2 Å². The molecule has 6 heterocycles. The van der Waals surface area contributed by atoms with E-state index in [0.717, 1.165) is 46.9 Å². The van der Waals surface area contributed by atoms with E-state index in [1.165, 1.54) is 28.5 Å². The van der Waals surface area contributed by atoms with E-state index in [1.54, 1.807) is 140 Å². The molecule has 0 radical (unpaired) electrons. The van der Waals surface area contributed by atoms with Crippen molar-refractivity contribution in [2.75, 3.05) is 6.26 Å². The third-order valence-electron chi connectivity index (χ3n) is 24.3. The van der Waals surface area contributed by atoms with Gasteiger partial charge in [0.2, 0.25) is 0 Å². The molecule has 12 aromatic carbocycles. The van der Waals surface area contributed by atoms with Crippen LogP contribution in [0.1, 0.15) is 118 Å². The number of pyridine rings is 6. The van der Waals surface area contributed by atoms with Crippen LogP contribution in [0.15, 0.2) is 220 Å². The third kappa shape index (κ3) is 22.3. The summed E-state index contributed by atoms with van der Waals surface area (Å²) in [7, 11) is 0. The summed E-state index contributed by atoms with van der Waals surface area (Å²) in [6, 6.07) is 50.5. The van der Waals surface area contributed by atoms with Crippen molar-refractivity contribution in [2.24, 2.45) is 0 Å². The lowest BCUT2D eigenvalue weighted by Crippen LogP contribution is -2.20. The number of carboxylic acids is 6. The van der Waals surface area contributed by atoms with Gasteiger partial charge in [-0.1, -0.05) is 179 Å². The van der Waals surface area contributed by atoms with E-state index in [9.17, 15) is 101 Å². The largest absolute Gasteiger partial charge is 0.480 e. The van der Waals surface area contributed by atoms with Crippen molar-refractivity contribution in [1.82, 2.24) is 27.4 Å². The number of aryl methyl sites for hydroxylation is 1. The van der Waals surface area contributed by atoms with Gasteiger partial charge in [0, 0.05) is 73.1 Å². The van der Waals surface area contributed by atoms with Gasteiger partial charge in [-0.05, 0) is 271 Å². The van der Waals surface area contributed by atoms with Crippen molar-refractivity contribution in [3.05, 3.63) is 329 Å². The first-order valence-electron chi connectivity index (χ1n) is 44.0. The molecule has 24 nitrogen and oxygen atoms in total. The highest BCUT2D eigenvalue weighted by Gasteiger charge is 2.38. The molecule has 0 amide bonds. The molecule has 0 aliphatic rings. The first kappa shape index (κ1) is 110. The van der Waals surface area contributed by atoms with Crippen LogP contribution >= 0.6 is 154 Å². The Labute approximate surface area is 896 Å². The number of carbonyl (C=O) groups is 6. The molecule has 0 atom stereocenters. The van der Waals surface area contributed by atoms with Crippen molar-refractivity contribution in [1.29, 1.82) is 0 Å². The van der Waals surface area contributed by atoms with Crippen LogP contribution in [-0.2, 0) is 74.2 Å². The molecule has 746 valence electrons. The highest BCUT2D eigenvalue weighted by molar-refractivity contribution is 14.1. The predicted molar refractivity (Wildman–Crippen MR) is 594 cm³/mol. The number of halogens is 13. The number of thioether (sulfide) groups is 1. The molecule has 0 fully saturated rings. The number of hydrogen-bond acceptors (Lipinski definition) is 13. The summed E-state index contributed by atoms with van der Waals surface area (Å²) >= 11 is 52.2. The van der Waals surface area contributed by atoms with E-state index in [0.29, 0.717) is 143 Å². The van der Waals surface area contributed by atoms with Gasteiger partial charge in [0.15, 0.2) is 32.6 Å². The minimum atomic E-state index is -4.85. The Morgan fingerprint density at radius 3 is 1.13 bits per heavy atom. The molecule has 145 heavy (non-hydrogen) atoms. The Hall–Kier alpha value is -12.1. The molecule has 0 saturated heterocycles. The van der Waals surface area contributed by atoms with Crippen molar-refractivity contribution in [3.63, 3.8) is 0 Å². The topological polar surface area (TPSA) is 356 Å². The second kappa shape index (κ2) is 45.1. The number of benzene rings is 12. The molecular weight excluding hydrogens is 2330 g/mol. The van der Waals surface area contributed by atoms with E-state index in [2.05, 4.69) is 109 Å². The molecule has 38 heteroatoms. The average Bonchev–Trinajstić information content (AvgIpc) is 0.740. The van der Waals surface area contributed by atoms with E-state index in [-0.39, 0.29) is 110 Å². The lowest BCUT2D eigenvalue weighted by molar-refractivity contribution is -0.139. The van der Waals surface area contributed by atoms with Gasteiger partial charge in [0.05, 0.1) is 121 Å². The monoisotopic (exact) mass is 2410 g/mol. The van der Waals surface area contributed by atoms with Gasteiger partial charge in [0.1, 0.15) is 39.3 Å². The number of fused-ring (bicyclic) bond motifs is 12. The summed E-state index contributed by atoms with van der Waals surface area (Å²) in [5.74, 6) is -3.03. The zero-order valence-corrected chi connectivity index (χ0v) is 90.0. The molecule has 0 aliphatic heterocycles. The summed E-state index contributed by atoms with van der Waals surface area (Å²) in [5.41, 5.74) is 7.39. The number of terminal acetylenes is 1. The van der Waals surface area contributed by atoms with Crippen molar-refractivity contribution >= 4 is 321 Å². The van der Waals surface area contributed by atoms with Gasteiger partial charge in [-0.15, -0.1) is 18.2 Å². The lowest BCUT2D eigenvalue weighted by atomic mass is 9.94. The van der Waals surface area contributed by atoms with Crippen molar-refractivity contribution < 1.29 is 72.6 Å². The van der Waals surface area contributed by atoms with Gasteiger partial charge in [-0.3, -0.25) is 57.5 Å². The standard InChI is InChI=1S/C19H17Cl2NO3.C19H15ClF3NO3.2C18H15ClINO3.C17H10ClNO3.C16H11BrClNO3S/c1-9(2)11-4-5-12-17(10(11)3)22(8-15(23)24)18-13(19(12)25)6-7-14(20)16(18)21;1-9(2)10-3-4-11-14(7-10)24(8-15(25)26)17-12(18(11)27)5-6-13(20)16(17)19(21,22)23;1-9(2)10-3-4-11-14(7-10)21(8-15(22)23)17-12(18(11)24)5-6-13(20)16(17)19;1-9(2)10-3-4-11-14(7-10)21(8-15(22)23)17-12(18(11)24)5-6-13(19)16(17)20;1-2-10-13(18)8-7-12-16(10)19(9-15(20)21)14-6-4-3-5-11(14)17(12)22;1-23-8-2-3-9-12(6-8)19(7-13(20)21)15-10(16(9)22)4-5-11(18)14(15)17/h4-7,9H,8H2,1-3H3,(H,23,24);3-7,9H,8H2,1-2H3,(H,25,26);2*3-7,9H,8H2,1-2H3,(H,22,23);1,3-8H,9H2,(H,20,21);2-6H,7H2,1H3,(H,20,21). The fourth-order valence-corrected chi connectivity index (χ4v) is 21.2. The van der Waals surface area contributed by atoms with Crippen molar-refractivity contribution in [3.8, 4) is 12.3 Å². The maximum absolute atomic E-state index is 13.7. The second-order valence-electron chi connectivity index (χ2n) is 34.7. The molecular formula is C107H83BrCl7F3I2N6O18S. The maximum atomic E-state index is 13.7. The number of aliphatic carboxylic acids is 6. The maximum Gasteiger partial charge on any atom is 0.419 e. The van der Waals surface area contributed by atoms with Gasteiger partial charge < -0.3 is 58.0 Å². The van der Waals surface area contributed by atoms with E-state index in [4.69, 9.17) is 87.6 Å². The highest BCUT2D eigenvalue weighted by atomic mass is 127. The van der Waals surface area contributed by atoms with Crippen LogP contribution in [0.5, 0.6) is 0 Å². The third-order valence-corrected chi connectivity index (χ3v) is 31.1. The second-order valence-corrected chi connectivity index (χ2v) is 41.4.